The molecule has 1 saturated heterocycles. The number of nitrogens with zero attached hydrogens (tertiary/aromatic N) is 1. The summed E-state index contributed by atoms with van der Waals surface area (Å²) in [5, 5.41) is 2.33. The van der Waals surface area contributed by atoms with E-state index in [9.17, 15) is 4.79 Å². The van der Waals surface area contributed by atoms with Crippen molar-refractivity contribution < 1.29 is 14.3 Å². The highest BCUT2D eigenvalue weighted by molar-refractivity contribution is 5.99. The monoisotopic (exact) mass is 503 g/mol. The first-order chi connectivity index (χ1) is 18.5. The number of hydrogen-bond donors (Lipinski definition) is 0. The number of ether oxygens (including phenoxy) is 2. The summed E-state index contributed by atoms with van der Waals surface area (Å²) in [6.07, 6.45) is 6.36. The Bertz CT molecular complexity index is 1530. The lowest BCUT2D eigenvalue weighted by Gasteiger charge is -2.33. The highest BCUT2D eigenvalue weighted by atomic mass is 16.5. The summed E-state index contributed by atoms with van der Waals surface area (Å²) < 4.78 is 11.2. The van der Waals surface area contributed by atoms with Crippen molar-refractivity contribution >= 4 is 16.7 Å². The van der Waals surface area contributed by atoms with E-state index < -0.39 is 5.41 Å². The lowest BCUT2D eigenvalue weighted by atomic mass is 9.69. The molecule has 0 N–H and O–H groups in total. The summed E-state index contributed by atoms with van der Waals surface area (Å²) in [5.74, 6) is 1.72. The molecular formula is C34H33NO3. The third kappa shape index (κ3) is 3.87. The minimum absolute atomic E-state index is 0.0861. The number of carbonyl (C=O) groups excluding carboxylic acids is 1. The van der Waals surface area contributed by atoms with Crippen LogP contribution in [0.4, 0.5) is 0 Å². The number of carbonyl (C=O) groups is 1. The number of amides is 1. The van der Waals surface area contributed by atoms with Gasteiger partial charge in [-0.25, -0.2) is 0 Å². The Morgan fingerprint density at radius 2 is 1.66 bits per heavy atom. The number of fused-ring (bicyclic) bond motifs is 2. The molecule has 0 saturated carbocycles. The molecule has 1 aliphatic carbocycles. The van der Waals surface area contributed by atoms with Crippen molar-refractivity contribution in [2.24, 2.45) is 11.3 Å². The predicted molar refractivity (Wildman–Crippen MR) is 152 cm³/mol. The zero-order valence-electron chi connectivity index (χ0n) is 22.2. The van der Waals surface area contributed by atoms with E-state index in [1.165, 1.54) is 10.9 Å². The summed E-state index contributed by atoms with van der Waals surface area (Å²) >= 11 is 0. The number of methoxy groups -OCH3 is 2. The molecule has 2 aliphatic rings. The fourth-order valence-corrected chi connectivity index (χ4v) is 6.52. The summed E-state index contributed by atoms with van der Waals surface area (Å²) in [4.78, 5) is 16.3. The van der Waals surface area contributed by atoms with Crippen molar-refractivity contribution in [3.05, 3.63) is 108 Å². The molecule has 0 unspecified atom stereocenters. The minimum Gasteiger partial charge on any atom is -0.493 e. The SMILES string of the molecule is COc1ccc(-c2c([C@H]3[C@@H]4C=CCC[C@@]4(C)C(=O)N3Cc3ccccc3)ccc3ccccc23)cc1OC. The molecule has 1 amide bonds. The maximum atomic E-state index is 14.2. The van der Waals surface area contributed by atoms with Gasteiger partial charge in [-0.05, 0) is 58.0 Å². The van der Waals surface area contributed by atoms with E-state index in [0.717, 1.165) is 34.9 Å². The zero-order chi connectivity index (χ0) is 26.3. The van der Waals surface area contributed by atoms with Crippen LogP contribution >= 0.6 is 0 Å². The van der Waals surface area contributed by atoms with E-state index in [1.54, 1.807) is 14.2 Å². The van der Waals surface area contributed by atoms with Crippen molar-refractivity contribution in [3.63, 3.8) is 0 Å². The fourth-order valence-electron chi connectivity index (χ4n) is 6.52. The van der Waals surface area contributed by atoms with Gasteiger partial charge in [0, 0.05) is 12.5 Å². The molecule has 4 aromatic carbocycles. The number of allylic oxidation sites excluding steroid dienone is 1. The van der Waals surface area contributed by atoms with Crippen LogP contribution in [-0.4, -0.2) is 25.0 Å². The maximum absolute atomic E-state index is 14.2. The number of hydrogen-bond acceptors (Lipinski definition) is 3. The lowest BCUT2D eigenvalue weighted by Crippen LogP contribution is -2.34. The van der Waals surface area contributed by atoms with Gasteiger partial charge in [0.25, 0.3) is 0 Å². The molecule has 4 aromatic rings. The van der Waals surface area contributed by atoms with Gasteiger partial charge in [0.15, 0.2) is 11.5 Å². The van der Waals surface area contributed by atoms with Gasteiger partial charge in [-0.3, -0.25) is 4.79 Å². The van der Waals surface area contributed by atoms with E-state index in [2.05, 4.69) is 84.6 Å². The van der Waals surface area contributed by atoms with Gasteiger partial charge < -0.3 is 14.4 Å². The topological polar surface area (TPSA) is 38.8 Å². The molecule has 1 aliphatic heterocycles. The molecule has 0 bridgehead atoms. The van der Waals surface area contributed by atoms with Gasteiger partial charge >= 0.3 is 0 Å². The molecule has 0 radical (unpaired) electrons. The summed E-state index contributed by atoms with van der Waals surface area (Å²) in [5.41, 5.74) is 4.08. The fraction of sp³-hybridized carbons (Fsp3) is 0.265. The van der Waals surface area contributed by atoms with Crippen LogP contribution in [0.15, 0.2) is 97.1 Å². The van der Waals surface area contributed by atoms with Crippen molar-refractivity contribution in [1.82, 2.24) is 4.90 Å². The number of benzene rings is 4. The van der Waals surface area contributed by atoms with Crippen LogP contribution in [0.25, 0.3) is 21.9 Å². The molecule has 0 aromatic heterocycles. The van der Waals surface area contributed by atoms with Gasteiger partial charge in [0.05, 0.1) is 25.7 Å². The van der Waals surface area contributed by atoms with Gasteiger partial charge in [-0.1, -0.05) is 91.9 Å². The Balaban J connectivity index is 1.60. The minimum atomic E-state index is -0.422. The summed E-state index contributed by atoms with van der Waals surface area (Å²) in [7, 11) is 3.32. The standard InChI is InChI=1S/C34H33NO3/c1-34-20-10-9-15-28(34)32(35(33(34)36)22-23-11-5-4-6-12-23)27-18-16-24-13-7-8-14-26(24)31(27)25-17-19-29(37-2)30(21-25)38-3/h4-9,11-19,21,28,32H,10,20,22H2,1-3H3/t28-,32-,34+/m0/s1. The van der Waals surface area contributed by atoms with Crippen molar-refractivity contribution in [3.8, 4) is 22.6 Å². The molecule has 4 heteroatoms. The first kappa shape index (κ1) is 24.3. The first-order valence-electron chi connectivity index (χ1n) is 13.3. The molecule has 1 fully saturated rings. The van der Waals surface area contributed by atoms with E-state index in [4.69, 9.17) is 9.47 Å². The normalized spacial score (nSPS) is 22.5. The van der Waals surface area contributed by atoms with Crippen LogP contribution in [0, 0.1) is 11.3 Å². The smallest absolute Gasteiger partial charge is 0.230 e. The van der Waals surface area contributed by atoms with Crippen LogP contribution in [0.5, 0.6) is 11.5 Å². The van der Waals surface area contributed by atoms with E-state index in [-0.39, 0.29) is 17.9 Å². The quantitative estimate of drug-likeness (QED) is 0.255. The molecule has 1 heterocycles. The second-order valence-electron chi connectivity index (χ2n) is 10.6. The van der Waals surface area contributed by atoms with Crippen LogP contribution in [0.1, 0.15) is 36.9 Å². The number of likely N-dealkylation sites (tertiary alicyclic amines) is 1. The van der Waals surface area contributed by atoms with Crippen LogP contribution in [0.2, 0.25) is 0 Å². The van der Waals surface area contributed by atoms with E-state index in [1.807, 2.05) is 24.3 Å². The van der Waals surface area contributed by atoms with Gasteiger partial charge in [-0.15, -0.1) is 0 Å². The molecule has 38 heavy (non-hydrogen) atoms. The van der Waals surface area contributed by atoms with Crippen molar-refractivity contribution in [2.45, 2.75) is 32.4 Å². The second kappa shape index (κ2) is 9.68. The lowest BCUT2D eigenvalue weighted by molar-refractivity contribution is -0.137. The highest BCUT2D eigenvalue weighted by Crippen LogP contribution is 2.56. The Hall–Kier alpha value is -4.05. The van der Waals surface area contributed by atoms with Crippen molar-refractivity contribution in [2.75, 3.05) is 14.2 Å². The second-order valence-corrected chi connectivity index (χ2v) is 10.6. The Labute approximate surface area is 224 Å². The van der Waals surface area contributed by atoms with Gasteiger partial charge in [0.2, 0.25) is 5.91 Å². The first-order valence-corrected chi connectivity index (χ1v) is 13.3. The third-order valence-electron chi connectivity index (χ3n) is 8.48. The third-order valence-corrected chi connectivity index (χ3v) is 8.48. The van der Waals surface area contributed by atoms with Gasteiger partial charge in [-0.2, -0.15) is 0 Å². The predicted octanol–water partition coefficient (Wildman–Crippen LogP) is 7.58. The summed E-state index contributed by atoms with van der Waals surface area (Å²) in [6, 6.07) is 29.3. The van der Waals surface area contributed by atoms with Crippen molar-refractivity contribution in [1.29, 1.82) is 0 Å². The Kier molecular flexibility index (Phi) is 6.19. The van der Waals surface area contributed by atoms with E-state index >= 15 is 0 Å². The van der Waals surface area contributed by atoms with Crippen LogP contribution in [-0.2, 0) is 11.3 Å². The Morgan fingerprint density at radius 1 is 0.895 bits per heavy atom. The molecule has 3 atom stereocenters. The Morgan fingerprint density at radius 3 is 2.45 bits per heavy atom. The molecule has 4 nitrogen and oxygen atoms in total. The maximum Gasteiger partial charge on any atom is 0.230 e. The number of rotatable bonds is 6. The largest absolute Gasteiger partial charge is 0.493 e. The molecule has 6 rings (SSSR count). The van der Waals surface area contributed by atoms with Crippen LogP contribution < -0.4 is 9.47 Å². The average Bonchev–Trinajstić information content (AvgIpc) is 3.18. The van der Waals surface area contributed by atoms with Gasteiger partial charge in [0.1, 0.15) is 0 Å². The highest BCUT2D eigenvalue weighted by Gasteiger charge is 2.56. The molecule has 192 valence electrons. The molecular weight excluding hydrogens is 470 g/mol. The molecule has 0 spiro atoms. The van der Waals surface area contributed by atoms with Crippen LogP contribution in [0.3, 0.4) is 0 Å². The average molecular weight is 504 g/mol. The van der Waals surface area contributed by atoms with E-state index in [0.29, 0.717) is 18.0 Å². The zero-order valence-corrected chi connectivity index (χ0v) is 22.2. The summed E-state index contributed by atoms with van der Waals surface area (Å²) in [6.45, 7) is 2.75.